The van der Waals surface area contributed by atoms with Gasteiger partial charge in [0.2, 0.25) is 0 Å². The molecule has 8 nitrogen and oxygen atoms in total. The summed E-state index contributed by atoms with van der Waals surface area (Å²) < 4.78 is 91.7. The Bertz CT molecular complexity index is 1560. The molecule has 2 fully saturated rings. The van der Waals surface area contributed by atoms with Crippen molar-refractivity contribution >= 4 is 12.1 Å². The minimum atomic E-state index is -5.06. The molecule has 43 heavy (non-hydrogen) atoms. The standard InChI is InChI=1S/C29H25F6N3O5/c1-13-25(16-6-17(28(30,31)32)9-18(7-16)29(33,34)35)43-27(41)38(13)12-23-22(11-36-14(2)37-23)20-8-15(4-5-24(20)42-3)19-10-21(19)26(39)40/h4-9,11,13,19,21,25H,10,12H2,1-3H3,(H,39,40)/t13-,19?,21+,25-/m0/s1. The van der Waals surface area contributed by atoms with E-state index in [9.17, 15) is 41.0 Å². The zero-order chi connectivity index (χ0) is 31.4. The second-order valence-electron chi connectivity index (χ2n) is 10.5. The van der Waals surface area contributed by atoms with Gasteiger partial charge in [0.25, 0.3) is 0 Å². The first kappa shape index (κ1) is 30.1. The lowest BCUT2D eigenvalue weighted by Gasteiger charge is -2.23. The number of nitrogens with zero attached hydrogens (tertiary/aromatic N) is 3. The molecule has 228 valence electrons. The number of carboxylic acids is 1. The van der Waals surface area contributed by atoms with Crippen molar-refractivity contribution in [2.75, 3.05) is 7.11 Å². The van der Waals surface area contributed by atoms with E-state index in [0.29, 0.717) is 46.9 Å². The van der Waals surface area contributed by atoms with Crippen molar-refractivity contribution in [3.05, 3.63) is 76.4 Å². The highest BCUT2D eigenvalue weighted by atomic mass is 19.4. The molecule has 1 saturated carbocycles. The first-order valence-electron chi connectivity index (χ1n) is 13.1. The van der Waals surface area contributed by atoms with Gasteiger partial charge in [0.1, 0.15) is 17.7 Å². The Balaban J connectivity index is 1.50. The van der Waals surface area contributed by atoms with E-state index in [-0.39, 0.29) is 18.5 Å². The highest BCUT2D eigenvalue weighted by molar-refractivity contribution is 5.78. The van der Waals surface area contributed by atoms with Crippen molar-refractivity contribution in [1.29, 1.82) is 0 Å². The summed E-state index contributed by atoms with van der Waals surface area (Å²) in [7, 11) is 1.44. The lowest BCUT2D eigenvalue weighted by Crippen LogP contribution is -2.32. The third kappa shape index (κ3) is 5.95. The quantitative estimate of drug-likeness (QED) is 0.295. The van der Waals surface area contributed by atoms with E-state index in [1.54, 1.807) is 25.1 Å². The number of carbonyl (C=O) groups is 2. The second kappa shape index (κ2) is 10.7. The number of aliphatic carboxylic acids is 1. The van der Waals surface area contributed by atoms with Crippen LogP contribution in [-0.4, -0.2) is 45.2 Å². The fourth-order valence-electron chi connectivity index (χ4n) is 5.33. The zero-order valence-corrected chi connectivity index (χ0v) is 23.0. The van der Waals surface area contributed by atoms with Crippen LogP contribution < -0.4 is 4.74 Å². The molecular weight excluding hydrogens is 584 g/mol. The predicted octanol–water partition coefficient (Wildman–Crippen LogP) is 6.77. The van der Waals surface area contributed by atoms with Crippen LogP contribution in [0.25, 0.3) is 11.1 Å². The SMILES string of the molecule is COc1ccc(C2C[C@H]2C(=O)O)cc1-c1cnc(C)nc1CN1C(=O)O[C@H](c2cc(C(F)(F)F)cc(C(F)(F)F)c2)[C@@H]1C. The summed E-state index contributed by atoms with van der Waals surface area (Å²) in [5, 5.41) is 9.36. The van der Waals surface area contributed by atoms with Gasteiger partial charge in [0.05, 0.1) is 42.4 Å². The molecule has 0 radical (unpaired) electrons. The summed E-state index contributed by atoms with van der Waals surface area (Å²) in [6.07, 6.45) is -10.5. The normalized spacial score (nSPS) is 22.0. The minimum Gasteiger partial charge on any atom is -0.496 e. The number of halogens is 6. The van der Waals surface area contributed by atoms with Crippen molar-refractivity contribution < 1.29 is 50.5 Å². The smallest absolute Gasteiger partial charge is 0.416 e. The van der Waals surface area contributed by atoms with Crippen molar-refractivity contribution in [2.45, 2.75) is 57.2 Å². The molecule has 1 aromatic heterocycles. The summed E-state index contributed by atoms with van der Waals surface area (Å²) in [4.78, 5) is 34.3. The number of aromatic nitrogens is 2. The number of ether oxygens (including phenoxy) is 2. The molecule has 1 aliphatic carbocycles. The number of methoxy groups -OCH3 is 1. The Kier molecular flexibility index (Phi) is 7.51. The molecule has 14 heteroatoms. The van der Waals surface area contributed by atoms with E-state index in [0.717, 1.165) is 5.56 Å². The number of benzene rings is 2. The van der Waals surface area contributed by atoms with Crippen LogP contribution in [0.15, 0.2) is 42.6 Å². The molecule has 3 aromatic rings. The van der Waals surface area contributed by atoms with Gasteiger partial charge in [0.15, 0.2) is 0 Å². The van der Waals surface area contributed by atoms with Gasteiger partial charge in [-0.2, -0.15) is 26.3 Å². The van der Waals surface area contributed by atoms with Crippen molar-refractivity contribution in [2.24, 2.45) is 5.92 Å². The fraction of sp³-hybridized carbons (Fsp3) is 0.379. The van der Waals surface area contributed by atoms with Gasteiger partial charge in [-0.05, 0) is 67.6 Å². The maximum Gasteiger partial charge on any atom is 0.416 e. The van der Waals surface area contributed by atoms with E-state index in [1.165, 1.54) is 25.1 Å². The Morgan fingerprint density at radius 3 is 2.26 bits per heavy atom. The largest absolute Gasteiger partial charge is 0.496 e. The number of carboxylic acid groups (broad SMARTS) is 1. The van der Waals surface area contributed by atoms with Crippen LogP contribution in [0.3, 0.4) is 0 Å². The Labute approximate surface area is 241 Å². The van der Waals surface area contributed by atoms with Gasteiger partial charge in [-0.3, -0.25) is 9.69 Å². The number of amides is 1. The maximum absolute atomic E-state index is 13.5. The number of hydrogen-bond acceptors (Lipinski definition) is 6. The molecule has 2 aromatic carbocycles. The average Bonchev–Trinajstić information content (AvgIpc) is 3.69. The van der Waals surface area contributed by atoms with E-state index in [2.05, 4.69) is 9.97 Å². The molecule has 4 atom stereocenters. The van der Waals surface area contributed by atoms with E-state index in [1.807, 2.05) is 0 Å². The molecule has 1 aliphatic heterocycles. The van der Waals surface area contributed by atoms with Crippen LogP contribution >= 0.6 is 0 Å². The Morgan fingerprint density at radius 2 is 1.70 bits per heavy atom. The number of hydrogen-bond donors (Lipinski definition) is 1. The lowest BCUT2D eigenvalue weighted by molar-refractivity contribution is -0.143. The molecule has 0 bridgehead atoms. The molecule has 1 unspecified atom stereocenters. The lowest BCUT2D eigenvalue weighted by atomic mass is 9.96. The molecule has 1 N–H and O–H groups in total. The molecule has 2 heterocycles. The Morgan fingerprint density at radius 1 is 1.05 bits per heavy atom. The number of cyclic esters (lactones) is 1. The maximum atomic E-state index is 13.5. The van der Waals surface area contributed by atoms with Crippen molar-refractivity contribution in [1.82, 2.24) is 14.9 Å². The van der Waals surface area contributed by atoms with Crippen LogP contribution in [0.1, 0.15) is 59.1 Å². The van der Waals surface area contributed by atoms with Crippen molar-refractivity contribution in [3.8, 4) is 16.9 Å². The molecule has 5 rings (SSSR count). The van der Waals surface area contributed by atoms with Gasteiger partial charge in [-0.15, -0.1) is 0 Å². The van der Waals surface area contributed by atoms with Crippen LogP contribution in [0.2, 0.25) is 0 Å². The van der Waals surface area contributed by atoms with Crippen LogP contribution in [0.5, 0.6) is 5.75 Å². The van der Waals surface area contributed by atoms with E-state index < -0.39 is 59.2 Å². The first-order chi connectivity index (χ1) is 20.1. The fourth-order valence-corrected chi connectivity index (χ4v) is 5.33. The number of alkyl halides is 6. The molecule has 0 spiro atoms. The summed E-state index contributed by atoms with van der Waals surface area (Å²) in [6, 6.07) is 5.34. The molecular formula is C29H25F6N3O5. The number of aryl methyl sites for hydroxylation is 1. The van der Waals surface area contributed by atoms with Gasteiger partial charge >= 0.3 is 24.4 Å². The van der Waals surface area contributed by atoms with Gasteiger partial charge in [-0.25, -0.2) is 14.8 Å². The number of rotatable bonds is 7. The third-order valence-corrected chi connectivity index (χ3v) is 7.69. The van der Waals surface area contributed by atoms with Gasteiger partial charge in [0, 0.05) is 17.3 Å². The van der Waals surface area contributed by atoms with E-state index in [4.69, 9.17) is 9.47 Å². The zero-order valence-electron chi connectivity index (χ0n) is 23.0. The highest BCUT2D eigenvalue weighted by Crippen LogP contribution is 2.49. The summed E-state index contributed by atoms with van der Waals surface area (Å²) >= 11 is 0. The summed E-state index contributed by atoms with van der Waals surface area (Å²) in [5.41, 5.74) is -1.43. The van der Waals surface area contributed by atoms with Crippen LogP contribution in [0.4, 0.5) is 31.1 Å². The monoisotopic (exact) mass is 609 g/mol. The molecule has 1 amide bonds. The number of carbonyl (C=O) groups excluding carboxylic acids is 1. The van der Waals surface area contributed by atoms with Gasteiger partial charge in [-0.1, -0.05) is 6.07 Å². The van der Waals surface area contributed by atoms with E-state index >= 15 is 0 Å². The van der Waals surface area contributed by atoms with Crippen molar-refractivity contribution in [3.63, 3.8) is 0 Å². The minimum absolute atomic E-state index is 0.0143. The topological polar surface area (TPSA) is 102 Å². The molecule has 2 aliphatic rings. The first-order valence-corrected chi connectivity index (χ1v) is 13.1. The average molecular weight is 610 g/mol. The summed E-state index contributed by atoms with van der Waals surface area (Å²) in [6.45, 7) is 2.85. The second-order valence-corrected chi connectivity index (χ2v) is 10.5. The summed E-state index contributed by atoms with van der Waals surface area (Å²) in [5.74, 6) is -0.850. The van der Waals surface area contributed by atoms with Crippen LogP contribution in [0, 0.1) is 12.8 Å². The van der Waals surface area contributed by atoms with Crippen LogP contribution in [-0.2, 0) is 28.4 Å². The van der Waals surface area contributed by atoms with Gasteiger partial charge < -0.3 is 14.6 Å². The molecule has 1 saturated heterocycles. The third-order valence-electron chi connectivity index (χ3n) is 7.69. The highest BCUT2D eigenvalue weighted by Gasteiger charge is 2.45. The Hall–Kier alpha value is -4.36. The predicted molar refractivity (Wildman–Crippen MR) is 138 cm³/mol.